The van der Waals surface area contributed by atoms with Crippen molar-refractivity contribution in [1.29, 1.82) is 0 Å². The number of nitrogens with zero attached hydrogens (tertiary/aromatic N) is 2. The number of H-pyrrole nitrogens is 1. The zero-order valence-electron chi connectivity index (χ0n) is 8.29. The van der Waals surface area contributed by atoms with Gasteiger partial charge in [-0.25, -0.2) is 0 Å². The zero-order chi connectivity index (χ0) is 10.7. The number of hydrogen-bond acceptors (Lipinski definition) is 3. The lowest BCUT2D eigenvalue weighted by atomic mass is 10.0. The minimum absolute atomic E-state index is 0.149. The first-order valence-corrected chi connectivity index (χ1v) is 6.08. The molecular weight excluding hydrogens is 260 g/mol. The summed E-state index contributed by atoms with van der Waals surface area (Å²) >= 11 is 3.43. The van der Waals surface area contributed by atoms with Gasteiger partial charge in [-0.3, -0.25) is 4.79 Å². The highest BCUT2D eigenvalue weighted by atomic mass is 79.9. The largest absolute Gasteiger partial charge is 0.350 e. The van der Waals surface area contributed by atoms with Crippen molar-refractivity contribution >= 4 is 21.8 Å². The van der Waals surface area contributed by atoms with Gasteiger partial charge >= 0.3 is 0 Å². The number of rotatable bonds is 5. The van der Waals surface area contributed by atoms with Crippen LogP contribution >= 0.6 is 15.9 Å². The highest BCUT2D eigenvalue weighted by molar-refractivity contribution is 9.09. The number of aromatic nitrogens is 3. The van der Waals surface area contributed by atoms with E-state index in [1.165, 1.54) is 19.0 Å². The lowest BCUT2D eigenvalue weighted by Crippen LogP contribution is -2.30. The number of nitrogens with one attached hydrogen (secondary N) is 2. The smallest absolute Gasteiger partial charge is 0.273 e. The summed E-state index contributed by atoms with van der Waals surface area (Å²) in [5.74, 6) is -0.149. The summed E-state index contributed by atoms with van der Waals surface area (Å²) in [5, 5.41) is 13.6. The Balaban J connectivity index is 1.81. The molecule has 1 aromatic heterocycles. The first-order valence-electron chi connectivity index (χ1n) is 4.96. The van der Waals surface area contributed by atoms with Crippen LogP contribution in [0.3, 0.4) is 0 Å². The molecular formula is C9H13BrN4O. The Kier molecular flexibility index (Phi) is 3.04. The minimum Gasteiger partial charge on any atom is -0.350 e. The summed E-state index contributed by atoms with van der Waals surface area (Å²) in [6, 6.07) is 0. The Morgan fingerprint density at radius 2 is 2.47 bits per heavy atom. The maximum absolute atomic E-state index is 11.5. The van der Waals surface area contributed by atoms with Crippen molar-refractivity contribution in [2.24, 2.45) is 5.41 Å². The molecule has 2 N–H and O–H groups in total. The molecule has 5 nitrogen and oxygen atoms in total. The topological polar surface area (TPSA) is 70.7 Å². The minimum atomic E-state index is -0.149. The summed E-state index contributed by atoms with van der Waals surface area (Å²) < 4.78 is 0. The Labute approximate surface area is 96.1 Å². The van der Waals surface area contributed by atoms with Gasteiger partial charge in [0.1, 0.15) is 0 Å². The molecule has 1 heterocycles. The number of alkyl halides is 1. The Morgan fingerprint density at radius 1 is 1.67 bits per heavy atom. The number of amides is 1. The number of hydrogen-bond donors (Lipinski definition) is 2. The molecule has 82 valence electrons. The highest BCUT2D eigenvalue weighted by Gasteiger charge is 2.41. The van der Waals surface area contributed by atoms with Crippen LogP contribution in [0.25, 0.3) is 0 Å². The number of halogens is 1. The maximum atomic E-state index is 11.5. The second-order valence-corrected chi connectivity index (χ2v) is 4.77. The normalized spacial score (nSPS) is 17.4. The van der Waals surface area contributed by atoms with E-state index < -0.39 is 0 Å². The molecule has 1 aromatic rings. The second kappa shape index (κ2) is 4.30. The van der Waals surface area contributed by atoms with Crippen LogP contribution in [0, 0.1) is 5.41 Å². The van der Waals surface area contributed by atoms with Gasteiger partial charge in [-0.15, -0.1) is 0 Å². The second-order valence-electron chi connectivity index (χ2n) is 3.98. The molecule has 0 saturated heterocycles. The third-order valence-electron chi connectivity index (χ3n) is 2.85. The lowest BCUT2D eigenvalue weighted by Gasteiger charge is -2.13. The fourth-order valence-corrected chi connectivity index (χ4v) is 2.40. The lowest BCUT2D eigenvalue weighted by molar-refractivity contribution is 0.0939. The Hall–Kier alpha value is -0.910. The molecule has 1 saturated carbocycles. The maximum Gasteiger partial charge on any atom is 0.273 e. The quantitative estimate of drug-likeness (QED) is 0.789. The third kappa shape index (κ3) is 2.56. The van der Waals surface area contributed by atoms with Crippen molar-refractivity contribution in [3.8, 4) is 0 Å². The van der Waals surface area contributed by atoms with E-state index in [-0.39, 0.29) is 5.91 Å². The SMILES string of the molecule is O=C(NCC1(CCBr)CC1)c1cn[nH]n1. The molecule has 0 radical (unpaired) electrons. The molecule has 6 heteroatoms. The highest BCUT2D eigenvalue weighted by Crippen LogP contribution is 2.48. The van der Waals surface area contributed by atoms with E-state index >= 15 is 0 Å². The van der Waals surface area contributed by atoms with E-state index in [9.17, 15) is 4.79 Å². The standard InChI is InChI=1S/C9H13BrN4O/c10-4-3-9(1-2-9)6-11-8(15)7-5-12-14-13-7/h5H,1-4,6H2,(H,11,15)(H,12,13,14). The molecule has 15 heavy (non-hydrogen) atoms. The molecule has 0 spiro atoms. The van der Waals surface area contributed by atoms with Crippen LogP contribution in [0.4, 0.5) is 0 Å². The fraction of sp³-hybridized carbons (Fsp3) is 0.667. The molecule has 0 aromatic carbocycles. The first-order chi connectivity index (χ1) is 7.26. The molecule has 2 rings (SSSR count). The molecule has 1 fully saturated rings. The van der Waals surface area contributed by atoms with Gasteiger partial charge in [0.05, 0.1) is 6.20 Å². The average molecular weight is 273 g/mol. The summed E-state index contributed by atoms with van der Waals surface area (Å²) in [4.78, 5) is 11.5. The molecule has 1 aliphatic rings. The molecule has 1 aliphatic carbocycles. The summed E-state index contributed by atoms with van der Waals surface area (Å²) in [6.07, 6.45) is 4.96. The van der Waals surface area contributed by atoms with E-state index in [0.29, 0.717) is 11.1 Å². The van der Waals surface area contributed by atoms with Gasteiger partial charge in [-0.2, -0.15) is 15.4 Å². The Morgan fingerprint density at radius 3 is 3.00 bits per heavy atom. The van der Waals surface area contributed by atoms with Crippen LogP contribution in [0.15, 0.2) is 6.20 Å². The van der Waals surface area contributed by atoms with Gasteiger partial charge < -0.3 is 5.32 Å². The van der Waals surface area contributed by atoms with Crippen LogP contribution in [0.1, 0.15) is 29.8 Å². The van der Waals surface area contributed by atoms with Gasteiger partial charge in [-0.05, 0) is 24.7 Å². The van der Waals surface area contributed by atoms with Crippen LogP contribution in [0.2, 0.25) is 0 Å². The summed E-state index contributed by atoms with van der Waals surface area (Å²) in [5.41, 5.74) is 0.688. The van der Waals surface area contributed by atoms with Gasteiger partial charge in [0.15, 0.2) is 5.69 Å². The van der Waals surface area contributed by atoms with E-state index in [0.717, 1.165) is 18.3 Å². The molecule has 0 atom stereocenters. The molecule has 0 aliphatic heterocycles. The van der Waals surface area contributed by atoms with Gasteiger partial charge in [0.2, 0.25) is 0 Å². The van der Waals surface area contributed by atoms with Crippen molar-refractivity contribution in [2.75, 3.05) is 11.9 Å². The van der Waals surface area contributed by atoms with Crippen molar-refractivity contribution < 1.29 is 4.79 Å². The molecule has 0 bridgehead atoms. The predicted molar refractivity (Wildman–Crippen MR) is 58.8 cm³/mol. The van der Waals surface area contributed by atoms with Gasteiger partial charge in [0, 0.05) is 11.9 Å². The monoisotopic (exact) mass is 272 g/mol. The van der Waals surface area contributed by atoms with E-state index in [1.807, 2.05) is 0 Å². The number of carbonyl (C=O) groups excluding carboxylic acids is 1. The van der Waals surface area contributed by atoms with Crippen LogP contribution < -0.4 is 5.32 Å². The van der Waals surface area contributed by atoms with E-state index in [2.05, 4.69) is 36.7 Å². The van der Waals surface area contributed by atoms with Gasteiger partial charge in [0.25, 0.3) is 5.91 Å². The van der Waals surface area contributed by atoms with E-state index in [4.69, 9.17) is 0 Å². The fourth-order valence-electron chi connectivity index (χ4n) is 1.56. The summed E-state index contributed by atoms with van der Waals surface area (Å²) in [6.45, 7) is 0.740. The average Bonchev–Trinajstić information content (AvgIpc) is 2.81. The third-order valence-corrected chi connectivity index (χ3v) is 3.25. The molecule has 0 unspecified atom stereocenters. The van der Waals surface area contributed by atoms with E-state index in [1.54, 1.807) is 0 Å². The van der Waals surface area contributed by atoms with Crippen molar-refractivity contribution in [3.63, 3.8) is 0 Å². The van der Waals surface area contributed by atoms with Crippen LogP contribution in [-0.2, 0) is 0 Å². The summed E-state index contributed by atoms with van der Waals surface area (Å²) in [7, 11) is 0. The zero-order valence-corrected chi connectivity index (χ0v) is 9.88. The van der Waals surface area contributed by atoms with Crippen molar-refractivity contribution in [2.45, 2.75) is 19.3 Å². The van der Waals surface area contributed by atoms with Crippen molar-refractivity contribution in [1.82, 2.24) is 20.7 Å². The predicted octanol–water partition coefficient (Wildman–Crippen LogP) is 1.10. The van der Waals surface area contributed by atoms with Crippen LogP contribution in [0.5, 0.6) is 0 Å². The van der Waals surface area contributed by atoms with Gasteiger partial charge in [-0.1, -0.05) is 15.9 Å². The number of aromatic amines is 1. The molecule has 1 amide bonds. The Bertz CT molecular complexity index is 334. The first kappa shape index (κ1) is 10.6. The van der Waals surface area contributed by atoms with Crippen molar-refractivity contribution in [3.05, 3.63) is 11.9 Å². The van der Waals surface area contributed by atoms with Crippen LogP contribution in [-0.4, -0.2) is 33.2 Å². The number of carbonyl (C=O) groups is 1.